The molecule has 6 nitrogen and oxygen atoms in total. The van der Waals surface area contributed by atoms with Crippen molar-refractivity contribution < 1.29 is 27.9 Å². The molecule has 1 amide bonds. The number of nitrogens with one attached hydrogen (secondary N) is 2. The van der Waals surface area contributed by atoms with Crippen molar-refractivity contribution in [2.45, 2.75) is 25.6 Å². The van der Waals surface area contributed by atoms with E-state index in [0.717, 1.165) is 5.56 Å². The summed E-state index contributed by atoms with van der Waals surface area (Å²) in [6, 6.07) is 6.50. The summed E-state index contributed by atoms with van der Waals surface area (Å²) in [5, 5.41) is 16.9. The van der Waals surface area contributed by atoms with Gasteiger partial charge in [-0.05, 0) is 13.0 Å². The Hall–Kier alpha value is -2.84. The van der Waals surface area contributed by atoms with Crippen molar-refractivity contribution in [2.75, 3.05) is 0 Å². The monoisotopic (exact) mass is 341 g/mol. The van der Waals surface area contributed by atoms with Gasteiger partial charge in [-0.1, -0.05) is 29.8 Å². The van der Waals surface area contributed by atoms with Crippen LogP contribution in [-0.4, -0.2) is 39.4 Å². The van der Waals surface area contributed by atoms with Gasteiger partial charge >= 0.3 is 12.1 Å². The van der Waals surface area contributed by atoms with E-state index in [1.165, 1.54) is 6.07 Å². The van der Waals surface area contributed by atoms with E-state index < -0.39 is 30.5 Å². The zero-order valence-electron chi connectivity index (χ0n) is 12.5. The second-order valence-corrected chi connectivity index (χ2v) is 5.22. The number of benzene rings is 1. The molecule has 0 aliphatic heterocycles. The van der Waals surface area contributed by atoms with E-state index in [9.17, 15) is 22.8 Å². The first-order chi connectivity index (χ1) is 11.2. The van der Waals surface area contributed by atoms with Crippen molar-refractivity contribution in [3.63, 3.8) is 0 Å². The number of alkyl halides is 3. The summed E-state index contributed by atoms with van der Waals surface area (Å²) in [6.45, 7) is 1.90. The predicted octanol–water partition coefficient (Wildman–Crippen LogP) is 2.52. The van der Waals surface area contributed by atoms with Crippen LogP contribution in [0.5, 0.6) is 0 Å². The van der Waals surface area contributed by atoms with Gasteiger partial charge in [0.05, 0.1) is 12.1 Å². The standard InChI is InChI=1S/C15H14F3N3O3/c1-8-2-4-9(5-3-8)10-6-11(21-20-10)13(22)19-12(14(23)24)7-15(16,17)18/h2-6,12H,7H2,1H3,(H,19,22)(H,20,21)(H,23,24). The van der Waals surface area contributed by atoms with Gasteiger partial charge in [0, 0.05) is 5.56 Å². The number of aromatic amines is 1. The number of halogens is 3. The molecule has 1 aromatic heterocycles. The lowest BCUT2D eigenvalue weighted by Gasteiger charge is -2.15. The summed E-state index contributed by atoms with van der Waals surface area (Å²) in [5.74, 6) is -2.74. The number of aliphatic carboxylic acids is 1. The zero-order valence-corrected chi connectivity index (χ0v) is 12.5. The van der Waals surface area contributed by atoms with E-state index >= 15 is 0 Å². The summed E-state index contributed by atoms with van der Waals surface area (Å²) < 4.78 is 37.0. The van der Waals surface area contributed by atoms with E-state index in [2.05, 4.69) is 10.2 Å². The van der Waals surface area contributed by atoms with Crippen LogP contribution in [-0.2, 0) is 4.79 Å². The first kappa shape index (κ1) is 17.5. The molecule has 0 bridgehead atoms. The third-order valence-electron chi connectivity index (χ3n) is 3.21. The number of rotatable bonds is 5. The van der Waals surface area contributed by atoms with E-state index in [1.54, 1.807) is 12.1 Å². The maximum atomic E-state index is 12.3. The molecule has 0 saturated carbocycles. The van der Waals surface area contributed by atoms with E-state index in [0.29, 0.717) is 11.3 Å². The number of carboxylic acid groups (broad SMARTS) is 1. The molecule has 1 unspecified atom stereocenters. The highest BCUT2D eigenvalue weighted by Crippen LogP contribution is 2.22. The quantitative estimate of drug-likeness (QED) is 0.779. The number of nitrogens with zero attached hydrogens (tertiary/aromatic N) is 1. The summed E-state index contributed by atoms with van der Waals surface area (Å²) in [6.07, 6.45) is -6.37. The van der Waals surface area contributed by atoms with Gasteiger partial charge in [0.2, 0.25) is 0 Å². The lowest BCUT2D eigenvalue weighted by Crippen LogP contribution is -2.43. The smallest absolute Gasteiger partial charge is 0.391 e. The molecule has 2 rings (SSSR count). The number of hydrogen-bond donors (Lipinski definition) is 3. The molecule has 0 radical (unpaired) electrons. The van der Waals surface area contributed by atoms with Crippen molar-refractivity contribution in [1.82, 2.24) is 15.5 Å². The Morgan fingerprint density at radius 3 is 2.46 bits per heavy atom. The van der Waals surface area contributed by atoms with Gasteiger partial charge in [0.15, 0.2) is 0 Å². The van der Waals surface area contributed by atoms with Crippen molar-refractivity contribution >= 4 is 11.9 Å². The highest BCUT2D eigenvalue weighted by molar-refractivity contribution is 5.95. The van der Waals surface area contributed by atoms with Gasteiger partial charge < -0.3 is 10.4 Å². The Bertz CT molecular complexity index is 738. The largest absolute Gasteiger partial charge is 0.480 e. The lowest BCUT2D eigenvalue weighted by atomic mass is 10.1. The molecule has 0 fully saturated rings. The maximum absolute atomic E-state index is 12.3. The highest BCUT2D eigenvalue weighted by atomic mass is 19.4. The lowest BCUT2D eigenvalue weighted by molar-refractivity contribution is -0.157. The van der Waals surface area contributed by atoms with Crippen LogP contribution in [0.1, 0.15) is 22.5 Å². The highest BCUT2D eigenvalue weighted by Gasteiger charge is 2.36. The van der Waals surface area contributed by atoms with Crippen LogP contribution >= 0.6 is 0 Å². The Morgan fingerprint density at radius 1 is 1.29 bits per heavy atom. The van der Waals surface area contributed by atoms with E-state index in [1.807, 2.05) is 24.4 Å². The SMILES string of the molecule is Cc1ccc(-c2cc(C(=O)NC(CC(F)(F)F)C(=O)O)[nH]n2)cc1. The summed E-state index contributed by atoms with van der Waals surface area (Å²) in [4.78, 5) is 22.8. The van der Waals surface area contributed by atoms with Gasteiger partial charge in [-0.3, -0.25) is 9.89 Å². The number of carbonyl (C=O) groups is 2. The minimum atomic E-state index is -4.71. The minimum Gasteiger partial charge on any atom is -0.480 e. The van der Waals surface area contributed by atoms with Gasteiger partial charge in [-0.15, -0.1) is 0 Å². The number of aryl methyl sites for hydroxylation is 1. The molecule has 0 spiro atoms. The van der Waals surface area contributed by atoms with Crippen LogP contribution < -0.4 is 5.32 Å². The van der Waals surface area contributed by atoms with Gasteiger partial charge in [-0.25, -0.2) is 4.79 Å². The molecular formula is C15H14F3N3O3. The Kier molecular flexibility index (Phi) is 4.91. The fourth-order valence-corrected chi connectivity index (χ4v) is 1.98. The first-order valence-corrected chi connectivity index (χ1v) is 6.88. The summed E-state index contributed by atoms with van der Waals surface area (Å²) >= 11 is 0. The third-order valence-corrected chi connectivity index (χ3v) is 3.21. The number of H-pyrrole nitrogens is 1. The topological polar surface area (TPSA) is 95.1 Å². The van der Waals surface area contributed by atoms with Crippen LogP contribution in [0.15, 0.2) is 30.3 Å². The Balaban J connectivity index is 2.12. The number of amides is 1. The molecule has 9 heteroatoms. The fraction of sp³-hybridized carbons (Fsp3) is 0.267. The van der Waals surface area contributed by atoms with Crippen LogP contribution in [0.25, 0.3) is 11.3 Å². The minimum absolute atomic E-state index is 0.126. The predicted molar refractivity (Wildman–Crippen MR) is 78.3 cm³/mol. The van der Waals surface area contributed by atoms with E-state index in [4.69, 9.17) is 5.11 Å². The number of aromatic nitrogens is 2. The van der Waals surface area contributed by atoms with Crippen LogP contribution in [0.3, 0.4) is 0 Å². The van der Waals surface area contributed by atoms with Gasteiger partial charge in [0.1, 0.15) is 11.7 Å². The normalized spacial score (nSPS) is 12.7. The van der Waals surface area contributed by atoms with Crippen LogP contribution in [0.4, 0.5) is 13.2 Å². The molecule has 128 valence electrons. The molecule has 24 heavy (non-hydrogen) atoms. The number of hydrogen-bond acceptors (Lipinski definition) is 3. The molecule has 0 aliphatic carbocycles. The molecule has 2 aromatic rings. The fourth-order valence-electron chi connectivity index (χ4n) is 1.98. The average Bonchev–Trinajstić information content (AvgIpc) is 2.95. The molecule has 1 heterocycles. The summed E-state index contributed by atoms with van der Waals surface area (Å²) in [5.41, 5.74) is 2.03. The van der Waals surface area contributed by atoms with Gasteiger partial charge in [-0.2, -0.15) is 18.3 Å². The zero-order chi connectivity index (χ0) is 17.9. The maximum Gasteiger partial charge on any atom is 0.391 e. The second-order valence-electron chi connectivity index (χ2n) is 5.22. The summed E-state index contributed by atoms with van der Waals surface area (Å²) in [7, 11) is 0. The molecule has 3 N–H and O–H groups in total. The van der Waals surface area contributed by atoms with Crippen molar-refractivity contribution in [3.8, 4) is 11.3 Å². The number of carbonyl (C=O) groups excluding carboxylic acids is 1. The third kappa shape index (κ3) is 4.58. The van der Waals surface area contributed by atoms with Crippen molar-refractivity contribution in [3.05, 3.63) is 41.6 Å². The van der Waals surface area contributed by atoms with Crippen LogP contribution in [0, 0.1) is 6.92 Å². The Labute approximate surface area is 134 Å². The first-order valence-electron chi connectivity index (χ1n) is 6.88. The molecule has 0 aliphatic rings. The molecular weight excluding hydrogens is 327 g/mol. The van der Waals surface area contributed by atoms with Crippen molar-refractivity contribution in [2.24, 2.45) is 0 Å². The van der Waals surface area contributed by atoms with Crippen molar-refractivity contribution in [1.29, 1.82) is 0 Å². The van der Waals surface area contributed by atoms with Crippen LogP contribution in [0.2, 0.25) is 0 Å². The molecule has 1 aromatic carbocycles. The van der Waals surface area contributed by atoms with E-state index in [-0.39, 0.29) is 5.69 Å². The molecule has 0 saturated heterocycles. The van der Waals surface area contributed by atoms with Gasteiger partial charge in [0.25, 0.3) is 5.91 Å². The number of carboxylic acids is 1. The Morgan fingerprint density at radius 2 is 1.92 bits per heavy atom. The second kappa shape index (κ2) is 6.73. The molecule has 1 atom stereocenters. The average molecular weight is 341 g/mol.